The topological polar surface area (TPSA) is 33.5 Å². The second kappa shape index (κ2) is 5.05. The number of furan rings is 1. The minimum Gasteiger partial charge on any atom is -0.469 e. The molecule has 14 heavy (non-hydrogen) atoms. The molecule has 78 valence electrons. The lowest BCUT2D eigenvalue weighted by atomic mass is 10.2. The molecule has 0 radical (unpaired) electrons. The van der Waals surface area contributed by atoms with E-state index in [-0.39, 0.29) is 5.91 Å². The maximum absolute atomic E-state index is 11.8. The van der Waals surface area contributed by atoms with Gasteiger partial charge in [-0.3, -0.25) is 4.79 Å². The lowest BCUT2D eigenvalue weighted by Gasteiger charge is -2.18. The molecule has 1 heterocycles. The van der Waals surface area contributed by atoms with Crippen LogP contribution in [0.5, 0.6) is 0 Å². The summed E-state index contributed by atoms with van der Waals surface area (Å²) in [7, 11) is 0. The van der Waals surface area contributed by atoms with Gasteiger partial charge >= 0.3 is 0 Å². The van der Waals surface area contributed by atoms with Gasteiger partial charge < -0.3 is 9.32 Å². The lowest BCUT2D eigenvalue weighted by Crippen LogP contribution is -2.32. The van der Waals surface area contributed by atoms with Crippen LogP contribution in [0.25, 0.3) is 0 Å². The number of halogens is 1. The Morgan fingerprint density at radius 1 is 1.64 bits per heavy atom. The summed E-state index contributed by atoms with van der Waals surface area (Å²) in [5, 5.41) is 0. The number of aryl methyl sites for hydroxylation is 1. The van der Waals surface area contributed by atoms with Gasteiger partial charge in [0.2, 0.25) is 0 Å². The minimum absolute atomic E-state index is 0.0231. The van der Waals surface area contributed by atoms with Crippen molar-refractivity contribution in [2.75, 3.05) is 19.0 Å². The SMILES string of the molecule is CCN(CCCl)C(=O)c1coc(C)c1. The summed E-state index contributed by atoms with van der Waals surface area (Å²) < 4.78 is 5.08. The Hall–Kier alpha value is -0.960. The summed E-state index contributed by atoms with van der Waals surface area (Å²) in [6.07, 6.45) is 1.48. The van der Waals surface area contributed by atoms with Crippen molar-refractivity contribution in [3.63, 3.8) is 0 Å². The van der Waals surface area contributed by atoms with Crippen LogP contribution in [-0.2, 0) is 0 Å². The first-order valence-electron chi connectivity index (χ1n) is 4.59. The fourth-order valence-electron chi connectivity index (χ4n) is 1.24. The maximum Gasteiger partial charge on any atom is 0.257 e. The van der Waals surface area contributed by atoms with Gasteiger partial charge in [0, 0.05) is 19.0 Å². The predicted molar refractivity (Wildman–Crippen MR) is 55.7 cm³/mol. The molecule has 1 aromatic heterocycles. The summed E-state index contributed by atoms with van der Waals surface area (Å²) >= 11 is 5.59. The zero-order chi connectivity index (χ0) is 10.6. The van der Waals surface area contributed by atoms with Crippen molar-refractivity contribution in [2.45, 2.75) is 13.8 Å². The highest BCUT2D eigenvalue weighted by molar-refractivity contribution is 6.18. The number of hydrogen-bond acceptors (Lipinski definition) is 2. The van der Waals surface area contributed by atoms with Crippen LogP contribution in [0.1, 0.15) is 23.0 Å². The summed E-state index contributed by atoms with van der Waals surface area (Å²) in [4.78, 5) is 13.5. The third-order valence-corrected chi connectivity index (χ3v) is 2.17. The molecule has 0 aliphatic heterocycles. The minimum atomic E-state index is -0.0231. The Kier molecular flexibility index (Phi) is 4.01. The zero-order valence-electron chi connectivity index (χ0n) is 8.42. The van der Waals surface area contributed by atoms with Gasteiger partial charge in [0.15, 0.2) is 0 Å². The van der Waals surface area contributed by atoms with Crippen LogP contribution in [0.4, 0.5) is 0 Å². The first-order chi connectivity index (χ1) is 6.69. The summed E-state index contributed by atoms with van der Waals surface area (Å²) in [6.45, 7) is 4.98. The molecule has 0 aromatic carbocycles. The number of hydrogen-bond donors (Lipinski definition) is 0. The van der Waals surface area contributed by atoms with Crippen molar-refractivity contribution < 1.29 is 9.21 Å². The normalized spacial score (nSPS) is 10.2. The van der Waals surface area contributed by atoms with Crippen LogP contribution in [-0.4, -0.2) is 29.8 Å². The predicted octanol–water partition coefficient (Wildman–Crippen LogP) is 2.29. The van der Waals surface area contributed by atoms with E-state index in [1.54, 1.807) is 11.0 Å². The Morgan fingerprint density at radius 3 is 2.79 bits per heavy atom. The molecule has 0 unspecified atom stereocenters. The standard InChI is InChI=1S/C10H14ClNO2/c1-3-12(5-4-11)10(13)9-6-8(2)14-7-9/h6-7H,3-5H2,1-2H3. The van der Waals surface area contributed by atoms with E-state index in [9.17, 15) is 4.79 Å². The van der Waals surface area contributed by atoms with Crippen LogP contribution < -0.4 is 0 Å². The fourth-order valence-corrected chi connectivity index (χ4v) is 1.45. The van der Waals surface area contributed by atoms with Gasteiger partial charge in [-0.2, -0.15) is 0 Å². The average molecular weight is 216 g/mol. The van der Waals surface area contributed by atoms with Gasteiger partial charge in [-0.15, -0.1) is 11.6 Å². The molecule has 4 heteroatoms. The molecule has 1 amide bonds. The number of rotatable bonds is 4. The first kappa shape index (κ1) is 11.1. The quantitative estimate of drug-likeness (QED) is 0.723. The van der Waals surface area contributed by atoms with E-state index in [0.29, 0.717) is 24.5 Å². The fraction of sp³-hybridized carbons (Fsp3) is 0.500. The molecule has 0 aliphatic carbocycles. The third-order valence-electron chi connectivity index (χ3n) is 2.00. The second-order valence-electron chi connectivity index (χ2n) is 3.02. The third kappa shape index (κ3) is 2.51. The Labute approximate surface area is 88.6 Å². The second-order valence-corrected chi connectivity index (χ2v) is 3.40. The van der Waals surface area contributed by atoms with E-state index in [2.05, 4.69) is 0 Å². The lowest BCUT2D eigenvalue weighted by molar-refractivity contribution is 0.0773. The number of nitrogens with zero attached hydrogens (tertiary/aromatic N) is 1. The van der Waals surface area contributed by atoms with Crippen molar-refractivity contribution >= 4 is 17.5 Å². The molecule has 0 aliphatic rings. The smallest absolute Gasteiger partial charge is 0.257 e. The molecule has 0 bridgehead atoms. The summed E-state index contributed by atoms with van der Waals surface area (Å²) in [5.74, 6) is 1.18. The molecular weight excluding hydrogens is 202 g/mol. The highest BCUT2D eigenvalue weighted by Crippen LogP contribution is 2.09. The monoisotopic (exact) mass is 215 g/mol. The van der Waals surface area contributed by atoms with Gasteiger partial charge in [-0.1, -0.05) is 0 Å². The average Bonchev–Trinajstić information content (AvgIpc) is 2.60. The van der Waals surface area contributed by atoms with Crippen molar-refractivity contribution in [3.05, 3.63) is 23.7 Å². The molecule has 0 fully saturated rings. The highest BCUT2D eigenvalue weighted by Gasteiger charge is 2.15. The van der Waals surface area contributed by atoms with Crippen molar-refractivity contribution in [1.29, 1.82) is 0 Å². The van der Waals surface area contributed by atoms with Crippen LogP contribution >= 0.6 is 11.6 Å². The van der Waals surface area contributed by atoms with E-state index in [1.165, 1.54) is 6.26 Å². The maximum atomic E-state index is 11.8. The molecule has 1 aromatic rings. The Balaban J connectivity index is 2.72. The summed E-state index contributed by atoms with van der Waals surface area (Å²) in [5.41, 5.74) is 0.592. The number of carbonyl (C=O) groups is 1. The van der Waals surface area contributed by atoms with Gasteiger partial charge in [-0.05, 0) is 19.9 Å². The molecule has 0 N–H and O–H groups in total. The molecular formula is C10H14ClNO2. The van der Waals surface area contributed by atoms with Crippen molar-refractivity contribution in [1.82, 2.24) is 4.90 Å². The van der Waals surface area contributed by atoms with E-state index in [0.717, 1.165) is 5.76 Å². The van der Waals surface area contributed by atoms with Crippen LogP contribution in [0.15, 0.2) is 16.7 Å². The van der Waals surface area contributed by atoms with Gasteiger partial charge in [0.25, 0.3) is 5.91 Å². The molecule has 0 saturated carbocycles. The molecule has 1 rings (SSSR count). The molecule has 0 saturated heterocycles. The first-order valence-corrected chi connectivity index (χ1v) is 5.12. The van der Waals surface area contributed by atoms with Gasteiger partial charge in [-0.25, -0.2) is 0 Å². The van der Waals surface area contributed by atoms with Gasteiger partial charge in [0.1, 0.15) is 12.0 Å². The molecule has 0 atom stereocenters. The number of amides is 1. The molecule has 3 nitrogen and oxygen atoms in total. The van der Waals surface area contributed by atoms with Crippen LogP contribution in [0, 0.1) is 6.92 Å². The largest absolute Gasteiger partial charge is 0.469 e. The van der Waals surface area contributed by atoms with Crippen LogP contribution in [0.2, 0.25) is 0 Å². The van der Waals surface area contributed by atoms with Crippen molar-refractivity contribution in [3.8, 4) is 0 Å². The number of alkyl halides is 1. The van der Waals surface area contributed by atoms with Gasteiger partial charge in [0.05, 0.1) is 5.56 Å². The highest BCUT2D eigenvalue weighted by atomic mass is 35.5. The van der Waals surface area contributed by atoms with Crippen molar-refractivity contribution in [2.24, 2.45) is 0 Å². The van der Waals surface area contributed by atoms with Crippen LogP contribution in [0.3, 0.4) is 0 Å². The van der Waals surface area contributed by atoms with E-state index in [4.69, 9.17) is 16.0 Å². The zero-order valence-corrected chi connectivity index (χ0v) is 9.17. The van der Waals surface area contributed by atoms with E-state index >= 15 is 0 Å². The summed E-state index contributed by atoms with van der Waals surface area (Å²) in [6, 6.07) is 1.74. The van der Waals surface area contributed by atoms with E-state index < -0.39 is 0 Å². The Morgan fingerprint density at radius 2 is 2.36 bits per heavy atom. The molecule has 0 spiro atoms. The number of carbonyl (C=O) groups excluding carboxylic acids is 1. The Bertz CT molecular complexity index is 309. The van der Waals surface area contributed by atoms with E-state index in [1.807, 2.05) is 13.8 Å².